The van der Waals surface area contributed by atoms with E-state index in [0.29, 0.717) is 6.54 Å². The second-order valence-corrected chi connectivity index (χ2v) is 6.44. The van der Waals surface area contributed by atoms with E-state index in [1.54, 1.807) is 0 Å². The quantitative estimate of drug-likeness (QED) is 0.922. The number of urea groups is 1. The summed E-state index contributed by atoms with van der Waals surface area (Å²) >= 11 is 1.81. The molecular weight excluding hydrogens is 272 g/mol. The van der Waals surface area contributed by atoms with Crippen LogP contribution in [0.3, 0.4) is 0 Å². The van der Waals surface area contributed by atoms with E-state index in [2.05, 4.69) is 15.6 Å². The molecule has 1 aliphatic carbocycles. The number of amides is 2. The number of nitrogens with one attached hydrogen (secondary N) is 1. The van der Waals surface area contributed by atoms with E-state index < -0.39 is 0 Å². The van der Waals surface area contributed by atoms with Crippen LogP contribution in [-0.4, -0.2) is 53.5 Å². The third-order valence-corrected chi connectivity index (χ3v) is 4.93. The van der Waals surface area contributed by atoms with Crippen molar-refractivity contribution in [2.45, 2.75) is 32.2 Å². The molecule has 0 spiro atoms. The molecule has 6 heteroatoms. The first-order valence-electron chi connectivity index (χ1n) is 7.45. The van der Waals surface area contributed by atoms with Crippen molar-refractivity contribution in [3.8, 4) is 0 Å². The molecule has 1 aromatic rings. The largest absolute Gasteiger partial charge is 0.338 e. The molecule has 110 valence electrons. The molecular formula is C14H22N4OS. The Morgan fingerprint density at radius 3 is 2.80 bits per heavy atom. The molecule has 0 atom stereocenters. The van der Waals surface area contributed by atoms with Crippen molar-refractivity contribution in [1.29, 1.82) is 0 Å². The van der Waals surface area contributed by atoms with E-state index >= 15 is 0 Å². The van der Waals surface area contributed by atoms with E-state index in [0.717, 1.165) is 38.6 Å². The zero-order valence-electron chi connectivity index (χ0n) is 12.0. The summed E-state index contributed by atoms with van der Waals surface area (Å²) in [5.41, 5.74) is 1.20. The summed E-state index contributed by atoms with van der Waals surface area (Å²) in [6.45, 7) is 7.07. The van der Waals surface area contributed by atoms with Gasteiger partial charge in [-0.2, -0.15) is 0 Å². The van der Waals surface area contributed by atoms with Gasteiger partial charge in [-0.3, -0.25) is 4.90 Å². The van der Waals surface area contributed by atoms with Gasteiger partial charge in [0.05, 0.1) is 10.7 Å². The van der Waals surface area contributed by atoms with E-state index in [4.69, 9.17) is 4.98 Å². The second-order valence-electron chi connectivity index (χ2n) is 5.55. The van der Waals surface area contributed by atoms with Gasteiger partial charge in [0.1, 0.15) is 0 Å². The summed E-state index contributed by atoms with van der Waals surface area (Å²) in [5.74, 6) is 0.753. The Balaban J connectivity index is 1.46. The van der Waals surface area contributed by atoms with Gasteiger partial charge in [-0.25, -0.2) is 9.78 Å². The first-order chi connectivity index (χ1) is 9.76. The number of carbonyl (C=O) groups is 1. The van der Waals surface area contributed by atoms with Crippen molar-refractivity contribution in [2.24, 2.45) is 0 Å². The van der Waals surface area contributed by atoms with Gasteiger partial charge in [0, 0.05) is 50.6 Å². The first-order valence-corrected chi connectivity index (χ1v) is 8.33. The molecule has 1 aromatic heterocycles. The molecule has 1 aliphatic heterocycles. The third kappa shape index (κ3) is 3.30. The molecule has 2 heterocycles. The van der Waals surface area contributed by atoms with Crippen LogP contribution in [-0.2, 0) is 6.54 Å². The minimum Gasteiger partial charge on any atom is -0.338 e. The fourth-order valence-corrected chi connectivity index (χ4v) is 3.50. The fraction of sp³-hybridized carbons (Fsp3) is 0.714. The second kappa shape index (κ2) is 6.10. The highest BCUT2D eigenvalue weighted by Gasteiger charge is 2.27. The minimum absolute atomic E-state index is 0.0665. The van der Waals surface area contributed by atoms with Gasteiger partial charge in [-0.15, -0.1) is 11.3 Å². The van der Waals surface area contributed by atoms with Crippen molar-refractivity contribution >= 4 is 17.4 Å². The number of aromatic nitrogens is 1. The van der Waals surface area contributed by atoms with Gasteiger partial charge in [0.15, 0.2) is 0 Å². The summed E-state index contributed by atoms with van der Waals surface area (Å²) in [6, 6.07) is 0.0665. The molecule has 1 saturated carbocycles. The SMILES string of the molecule is CCNC(=O)N1CCN(Cc2csc(C3CC3)n2)CC1. The van der Waals surface area contributed by atoms with Crippen molar-refractivity contribution in [1.82, 2.24) is 20.1 Å². The predicted octanol–water partition coefficient (Wildman–Crippen LogP) is 1.87. The number of rotatable bonds is 4. The lowest BCUT2D eigenvalue weighted by Gasteiger charge is -2.34. The van der Waals surface area contributed by atoms with Crippen LogP contribution in [0.4, 0.5) is 4.79 Å². The van der Waals surface area contributed by atoms with Crippen LogP contribution < -0.4 is 5.32 Å². The van der Waals surface area contributed by atoms with Gasteiger partial charge < -0.3 is 10.2 Å². The maximum Gasteiger partial charge on any atom is 0.317 e. The molecule has 2 aliphatic rings. The lowest BCUT2D eigenvalue weighted by Crippen LogP contribution is -2.51. The van der Waals surface area contributed by atoms with Crippen LogP contribution in [0.2, 0.25) is 0 Å². The maximum absolute atomic E-state index is 11.7. The summed E-state index contributed by atoms with van der Waals surface area (Å²) in [6.07, 6.45) is 2.64. The smallest absolute Gasteiger partial charge is 0.317 e. The predicted molar refractivity (Wildman–Crippen MR) is 80.0 cm³/mol. The number of carbonyl (C=O) groups excluding carboxylic acids is 1. The van der Waals surface area contributed by atoms with Crippen molar-refractivity contribution in [3.05, 3.63) is 16.1 Å². The van der Waals surface area contributed by atoms with Gasteiger partial charge in [-0.05, 0) is 19.8 Å². The number of hydrogen-bond donors (Lipinski definition) is 1. The Hall–Kier alpha value is -1.14. The average molecular weight is 294 g/mol. The Bertz CT molecular complexity index is 463. The van der Waals surface area contributed by atoms with E-state index in [1.807, 2.05) is 23.2 Å². The van der Waals surface area contributed by atoms with Crippen LogP contribution in [0.15, 0.2) is 5.38 Å². The average Bonchev–Trinajstić information content (AvgIpc) is 3.21. The number of thiazole rings is 1. The van der Waals surface area contributed by atoms with Gasteiger partial charge in [-0.1, -0.05) is 0 Å². The Morgan fingerprint density at radius 2 is 2.15 bits per heavy atom. The zero-order valence-corrected chi connectivity index (χ0v) is 12.8. The monoisotopic (exact) mass is 294 g/mol. The Morgan fingerprint density at radius 1 is 1.40 bits per heavy atom. The topological polar surface area (TPSA) is 48.5 Å². The van der Waals surface area contributed by atoms with Crippen LogP contribution in [0.1, 0.15) is 36.4 Å². The molecule has 0 bridgehead atoms. The molecule has 1 saturated heterocycles. The van der Waals surface area contributed by atoms with Crippen LogP contribution in [0, 0.1) is 0 Å². The molecule has 3 rings (SSSR count). The molecule has 20 heavy (non-hydrogen) atoms. The van der Waals surface area contributed by atoms with Gasteiger partial charge in [0.2, 0.25) is 0 Å². The van der Waals surface area contributed by atoms with Gasteiger partial charge >= 0.3 is 6.03 Å². The van der Waals surface area contributed by atoms with Crippen LogP contribution >= 0.6 is 11.3 Å². The molecule has 0 unspecified atom stereocenters. The van der Waals surface area contributed by atoms with E-state index in [-0.39, 0.29) is 6.03 Å². The molecule has 0 aromatic carbocycles. The first kappa shape index (κ1) is 13.8. The number of hydrogen-bond acceptors (Lipinski definition) is 4. The highest BCUT2D eigenvalue weighted by Crippen LogP contribution is 2.41. The van der Waals surface area contributed by atoms with Gasteiger partial charge in [0.25, 0.3) is 0 Å². The Labute approximate surface area is 124 Å². The lowest BCUT2D eigenvalue weighted by atomic mass is 10.3. The number of piperazine rings is 1. The van der Waals surface area contributed by atoms with Crippen LogP contribution in [0.25, 0.3) is 0 Å². The standard InChI is InChI=1S/C14H22N4OS/c1-2-15-14(19)18-7-5-17(6-8-18)9-12-10-20-13(16-12)11-3-4-11/h10-11H,2-9H2,1H3,(H,15,19). The molecule has 2 amide bonds. The van der Waals surface area contributed by atoms with E-state index in [9.17, 15) is 4.79 Å². The van der Waals surface area contributed by atoms with E-state index in [1.165, 1.54) is 23.5 Å². The Kier molecular flexibility index (Phi) is 4.21. The summed E-state index contributed by atoms with van der Waals surface area (Å²) < 4.78 is 0. The zero-order chi connectivity index (χ0) is 13.9. The highest BCUT2D eigenvalue weighted by atomic mass is 32.1. The summed E-state index contributed by atoms with van der Waals surface area (Å²) in [5, 5.41) is 6.38. The number of nitrogens with zero attached hydrogens (tertiary/aromatic N) is 3. The lowest BCUT2D eigenvalue weighted by molar-refractivity contribution is 0.135. The van der Waals surface area contributed by atoms with Crippen LogP contribution in [0.5, 0.6) is 0 Å². The molecule has 0 radical (unpaired) electrons. The minimum atomic E-state index is 0.0665. The normalized spacial score (nSPS) is 20.1. The van der Waals surface area contributed by atoms with Crippen molar-refractivity contribution in [2.75, 3.05) is 32.7 Å². The van der Waals surface area contributed by atoms with Crippen molar-refractivity contribution < 1.29 is 4.79 Å². The summed E-state index contributed by atoms with van der Waals surface area (Å²) in [7, 11) is 0. The maximum atomic E-state index is 11.7. The third-order valence-electron chi connectivity index (χ3n) is 3.87. The molecule has 5 nitrogen and oxygen atoms in total. The molecule has 2 fully saturated rings. The van der Waals surface area contributed by atoms with Crippen molar-refractivity contribution in [3.63, 3.8) is 0 Å². The summed E-state index contributed by atoms with van der Waals surface area (Å²) in [4.78, 5) is 20.8. The molecule has 1 N–H and O–H groups in total. The highest BCUT2D eigenvalue weighted by molar-refractivity contribution is 7.09. The fourth-order valence-electron chi connectivity index (χ4n) is 2.51.